The molecule has 9 heteroatoms. The summed E-state index contributed by atoms with van der Waals surface area (Å²) in [6.45, 7) is 3.19. The lowest BCUT2D eigenvalue weighted by Crippen LogP contribution is -2.36. The minimum atomic E-state index is -0.379. The lowest BCUT2D eigenvalue weighted by atomic mass is 10.2. The fourth-order valence-corrected chi connectivity index (χ4v) is 2.96. The number of fused-ring (bicyclic) bond motifs is 1. The molecule has 140 valence electrons. The van der Waals surface area contributed by atoms with E-state index >= 15 is 0 Å². The molecule has 0 unspecified atom stereocenters. The average Bonchev–Trinajstić information content (AvgIpc) is 3.21. The molecule has 1 aromatic carbocycles. The van der Waals surface area contributed by atoms with E-state index in [9.17, 15) is 9.59 Å². The Morgan fingerprint density at radius 1 is 1.22 bits per heavy atom. The lowest BCUT2D eigenvalue weighted by molar-refractivity contribution is 0.0914. The molecule has 0 saturated carbocycles. The summed E-state index contributed by atoms with van der Waals surface area (Å²) in [6.07, 6.45) is 1.64. The van der Waals surface area contributed by atoms with Gasteiger partial charge in [-0.25, -0.2) is 4.68 Å². The third-order valence-electron chi connectivity index (χ3n) is 4.43. The van der Waals surface area contributed by atoms with Crippen molar-refractivity contribution < 1.29 is 14.1 Å². The number of hydrogen-bond donors (Lipinski definition) is 1. The van der Waals surface area contributed by atoms with Crippen molar-refractivity contribution in [1.82, 2.24) is 20.3 Å². The van der Waals surface area contributed by atoms with E-state index in [1.165, 1.54) is 4.68 Å². The van der Waals surface area contributed by atoms with Crippen molar-refractivity contribution in [3.8, 4) is 0 Å². The molecule has 0 atom stereocenters. The number of anilines is 1. The van der Waals surface area contributed by atoms with Crippen LogP contribution in [0.15, 0.2) is 45.8 Å². The van der Waals surface area contributed by atoms with Gasteiger partial charge in [-0.05, 0) is 6.07 Å². The van der Waals surface area contributed by atoms with Crippen molar-refractivity contribution in [2.24, 2.45) is 0 Å². The molecule has 3 aromatic rings. The molecule has 1 amide bonds. The van der Waals surface area contributed by atoms with E-state index < -0.39 is 0 Å². The van der Waals surface area contributed by atoms with Gasteiger partial charge in [0.15, 0.2) is 5.82 Å². The normalized spacial score (nSPS) is 14.4. The highest BCUT2D eigenvalue weighted by Gasteiger charge is 2.18. The lowest BCUT2D eigenvalue weighted by Gasteiger charge is -2.25. The maximum Gasteiger partial charge on any atom is 0.290 e. The molecular formula is C18H19N5O4. The predicted octanol–water partition coefficient (Wildman–Crippen LogP) is 0.651. The average molecular weight is 369 g/mol. The highest BCUT2D eigenvalue weighted by molar-refractivity contribution is 5.92. The molecule has 1 saturated heterocycles. The SMILES string of the molecule is O=C(NCCn1ncc2ccccc2c1=O)c1cc(N2CCOCC2)no1. The number of carbonyl (C=O) groups excluding carboxylic acids is 1. The van der Waals surface area contributed by atoms with E-state index in [4.69, 9.17) is 9.26 Å². The van der Waals surface area contributed by atoms with E-state index in [0.29, 0.717) is 37.5 Å². The van der Waals surface area contributed by atoms with Gasteiger partial charge in [-0.1, -0.05) is 23.4 Å². The van der Waals surface area contributed by atoms with E-state index in [0.717, 1.165) is 5.39 Å². The number of rotatable bonds is 5. The van der Waals surface area contributed by atoms with Crippen molar-refractivity contribution >= 4 is 22.5 Å². The Balaban J connectivity index is 1.36. The Morgan fingerprint density at radius 2 is 2.04 bits per heavy atom. The first kappa shape index (κ1) is 17.2. The Morgan fingerprint density at radius 3 is 2.89 bits per heavy atom. The molecule has 0 bridgehead atoms. The molecular weight excluding hydrogens is 350 g/mol. The van der Waals surface area contributed by atoms with E-state index in [1.54, 1.807) is 18.3 Å². The number of benzene rings is 1. The van der Waals surface area contributed by atoms with Crippen LogP contribution in [0, 0.1) is 0 Å². The van der Waals surface area contributed by atoms with Gasteiger partial charge in [0.1, 0.15) is 0 Å². The number of ether oxygens (including phenoxy) is 1. The van der Waals surface area contributed by atoms with Gasteiger partial charge in [0, 0.05) is 31.1 Å². The quantitative estimate of drug-likeness (QED) is 0.704. The van der Waals surface area contributed by atoms with Gasteiger partial charge in [0.05, 0.1) is 31.3 Å². The predicted molar refractivity (Wildman–Crippen MR) is 97.9 cm³/mol. The maximum absolute atomic E-state index is 12.4. The highest BCUT2D eigenvalue weighted by atomic mass is 16.5. The number of hydrogen-bond acceptors (Lipinski definition) is 7. The van der Waals surface area contributed by atoms with Crippen molar-refractivity contribution in [3.63, 3.8) is 0 Å². The second kappa shape index (κ2) is 7.58. The summed E-state index contributed by atoms with van der Waals surface area (Å²) in [4.78, 5) is 26.6. The van der Waals surface area contributed by atoms with E-state index in [-0.39, 0.29) is 30.3 Å². The Kier molecular flexibility index (Phi) is 4.84. The summed E-state index contributed by atoms with van der Waals surface area (Å²) in [5, 5.41) is 12.2. The summed E-state index contributed by atoms with van der Waals surface area (Å²) >= 11 is 0. The van der Waals surface area contributed by atoms with Crippen LogP contribution in [0.5, 0.6) is 0 Å². The van der Waals surface area contributed by atoms with Gasteiger partial charge in [0.2, 0.25) is 5.76 Å². The van der Waals surface area contributed by atoms with Crippen LogP contribution in [-0.2, 0) is 11.3 Å². The topological polar surface area (TPSA) is 102 Å². The third kappa shape index (κ3) is 3.68. The molecule has 3 heterocycles. The summed E-state index contributed by atoms with van der Waals surface area (Å²) in [5.74, 6) is 0.377. The van der Waals surface area contributed by atoms with Crippen molar-refractivity contribution in [3.05, 3.63) is 52.6 Å². The second-order valence-corrected chi connectivity index (χ2v) is 6.16. The van der Waals surface area contributed by atoms with Gasteiger partial charge < -0.3 is 19.5 Å². The molecule has 1 fully saturated rings. The van der Waals surface area contributed by atoms with E-state index in [1.807, 2.05) is 23.1 Å². The molecule has 1 aliphatic heterocycles. The first-order valence-corrected chi connectivity index (χ1v) is 8.75. The summed E-state index contributed by atoms with van der Waals surface area (Å²) < 4.78 is 11.8. The smallest absolute Gasteiger partial charge is 0.290 e. The molecule has 1 N–H and O–H groups in total. The Hall–Kier alpha value is -3.20. The summed E-state index contributed by atoms with van der Waals surface area (Å²) in [5.41, 5.74) is -0.184. The highest BCUT2D eigenvalue weighted by Crippen LogP contribution is 2.15. The number of amides is 1. The van der Waals surface area contributed by atoms with Crippen LogP contribution in [0.25, 0.3) is 10.8 Å². The monoisotopic (exact) mass is 369 g/mol. The Bertz CT molecular complexity index is 1010. The second-order valence-electron chi connectivity index (χ2n) is 6.16. The van der Waals surface area contributed by atoms with Gasteiger partial charge in [-0.2, -0.15) is 5.10 Å². The molecule has 1 aliphatic rings. The molecule has 4 rings (SSSR count). The Labute approximate surface area is 154 Å². The molecule has 9 nitrogen and oxygen atoms in total. The number of nitrogens with zero attached hydrogens (tertiary/aromatic N) is 4. The van der Waals surface area contributed by atoms with Crippen molar-refractivity contribution in [2.45, 2.75) is 6.54 Å². The number of nitrogens with one attached hydrogen (secondary N) is 1. The van der Waals surface area contributed by atoms with Gasteiger partial charge >= 0.3 is 0 Å². The van der Waals surface area contributed by atoms with Gasteiger partial charge in [-0.3, -0.25) is 9.59 Å². The first-order valence-electron chi connectivity index (χ1n) is 8.75. The number of carbonyl (C=O) groups is 1. The van der Waals surface area contributed by atoms with Crippen LogP contribution < -0.4 is 15.8 Å². The molecule has 0 radical (unpaired) electrons. The number of morpholine rings is 1. The van der Waals surface area contributed by atoms with Crippen LogP contribution in [-0.4, -0.2) is 53.7 Å². The van der Waals surface area contributed by atoms with Crippen LogP contribution in [0.3, 0.4) is 0 Å². The fourth-order valence-electron chi connectivity index (χ4n) is 2.96. The van der Waals surface area contributed by atoms with Crippen molar-refractivity contribution in [1.29, 1.82) is 0 Å². The largest absolute Gasteiger partial charge is 0.378 e. The van der Waals surface area contributed by atoms with Crippen molar-refractivity contribution in [2.75, 3.05) is 37.7 Å². The minimum absolute atomic E-state index is 0.135. The molecule has 0 aliphatic carbocycles. The molecule has 0 spiro atoms. The summed E-state index contributed by atoms with van der Waals surface area (Å²) in [6, 6.07) is 8.88. The van der Waals surface area contributed by atoms with Crippen LogP contribution >= 0.6 is 0 Å². The fraction of sp³-hybridized carbons (Fsp3) is 0.333. The zero-order valence-corrected chi connectivity index (χ0v) is 14.6. The number of aromatic nitrogens is 3. The summed E-state index contributed by atoms with van der Waals surface area (Å²) in [7, 11) is 0. The van der Waals surface area contributed by atoms with Crippen LogP contribution in [0.1, 0.15) is 10.6 Å². The first-order chi connectivity index (χ1) is 13.2. The minimum Gasteiger partial charge on any atom is -0.378 e. The van der Waals surface area contributed by atoms with Gasteiger partial charge in [-0.15, -0.1) is 0 Å². The van der Waals surface area contributed by atoms with Gasteiger partial charge in [0.25, 0.3) is 11.5 Å². The molecule has 27 heavy (non-hydrogen) atoms. The maximum atomic E-state index is 12.4. The molecule has 2 aromatic heterocycles. The third-order valence-corrected chi connectivity index (χ3v) is 4.43. The zero-order chi connectivity index (χ0) is 18.6. The van der Waals surface area contributed by atoms with Crippen LogP contribution in [0.2, 0.25) is 0 Å². The van der Waals surface area contributed by atoms with E-state index in [2.05, 4.69) is 15.6 Å². The zero-order valence-electron chi connectivity index (χ0n) is 14.6. The van der Waals surface area contributed by atoms with Crippen LogP contribution in [0.4, 0.5) is 5.82 Å². The standard InChI is InChI=1S/C18H19N5O4/c24-17(15-11-16(21-27-15)22-7-9-26-10-8-22)19-5-6-23-18(25)14-4-2-1-3-13(14)12-20-23/h1-4,11-12H,5-10H2,(H,19,24).